The van der Waals surface area contributed by atoms with Crippen LogP contribution >= 0.6 is 11.6 Å². The molecule has 0 atom stereocenters. The first-order valence-electron chi connectivity index (χ1n) is 9.06. The lowest BCUT2D eigenvalue weighted by Crippen LogP contribution is -2.31. The summed E-state index contributed by atoms with van der Waals surface area (Å²) < 4.78 is 5.55. The molecular weight excluding hydrogens is 360 g/mol. The summed E-state index contributed by atoms with van der Waals surface area (Å²) in [6.07, 6.45) is 0.845. The standard InChI is InChI=1S/C22H23ClN2O2/c1-4-11-25(22(26)19-7-5-6-8-20(19)23)14-17-13-21(27-24-17)18-10-9-15(2)12-16(18)3/h5-10,12-13H,4,11,14H2,1-3H3. The number of carbonyl (C=O) groups is 1. The number of amides is 1. The van der Waals surface area contributed by atoms with Crippen molar-refractivity contribution in [2.75, 3.05) is 6.54 Å². The van der Waals surface area contributed by atoms with Crippen LogP contribution in [0.2, 0.25) is 5.02 Å². The van der Waals surface area contributed by atoms with E-state index in [0.29, 0.717) is 29.4 Å². The average molecular weight is 383 g/mol. The highest BCUT2D eigenvalue weighted by molar-refractivity contribution is 6.33. The molecule has 27 heavy (non-hydrogen) atoms. The lowest BCUT2D eigenvalue weighted by molar-refractivity contribution is 0.0740. The first-order valence-corrected chi connectivity index (χ1v) is 9.44. The summed E-state index contributed by atoms with van der Waals surface area (Å²) in [7, 11) is 0. The van der Waals surface area contributed by atoms with Crippen LogP contribution in [0.4, 0.5) is 0 Å². The van der Waals surface area contributed by atoms with Crippen molar-refractivity contribution in [2.24, 2.45) is 0 Å². The molecule has 1 amide bonds. The highest BCUT2D eigenvalue weighted by Crippen LogP contribution is 2.26. The third kappa shape index (κ3) is 4.40. The van der Waals surface area contributed by atoms with Crippen LogP contribution in [0, 0.1) is 13.8 Å². The molecule has 0 saturated heterocycles. The number of aromatic nitrogens is 1. The van der Waals surface area contributed by atoms with Crippen LogP contribution in [0.3, 0.4) is 0 Å². The Hall–Kier alpha value is -2.59. The number of carbonyl (C=O) groups excluding carboxylic acids is 1. The molecule has 0 fully saturated rings. The zero-order chi connectivity index (χ0) is 19.4. The number of halogens is 1. The molecule has 140 valence electrons. The lowest BCUT2D eigenvalue weighted by atomic mass is 10.0. The predicted octanol–water partition coefficient (Wildman–Crippen LogP) is 5.66. The second-order valence-corrected chi connectivity index (χ2v) is 7.11. The number of nitrogens with zero attached hydrogens (tertiary/aromatic N) is 2. The second kappa shape index (κ2) is 8.40. The van der Waals surface area contributed by atoms with Gasteiger partial charge in [-0.15, -0.1) is 0 Å². The highest BCUT2D eigenvalue weighted by atomic mass is 35.5. The van der Waals surface area contributed by atoms with Crippen molar-refractivity contribution < 1.29 is 9.32 Å². The summed E-state index contributed by atoms with van der Waals surface area (Å²) >= 11 is 6.20. The number of hydrogen-bond acceptors (Lipinski definition) is 3. The van der Waals surface area contributed by atoms with Crippen LogP contribution in [0.15, 0.2) is 53.1 Å². The molecule has 0 aliphatic rings. The van der Waals surface area contributed by atoms with E-state index in [4.69, 9.17) is 16.1 Å². The van der Waals surface area contributed by atoms with Gasteiger partial charge in [-0.2, -0.15) is 0 Å². The molecule has 3 aromatic rings. The number of benzene rings is 2. The molecule has 1 heterocycles. The molecule has 0 spiro atoms. The third-order valence-corrected chi connectivity index (χ3v) is 4.77. The fourth-order valence-electron chi connectivity index (χ4n) is 3.13. The zero-order valence-electron chi connectivity index (χ0n) is 15.8. The number of rotatable bonds is 6. The van der Waals surface area contributed by atoms with Gasteiger partial charge in [-0.1, -0.05) is 59.6 Å². The van der Waals surface area contributed by atoms with Gasteiger partial charge in [0.05, 0.1) is 17.1 Å². The molecule has 4 nitrogen and oxygen atoms in total. The topological polar surface area (TPSA) is 46.3 Å². The van der Waals surface area contributed by atoms with Gasteiger partial charge in [0.1, 0.15) is 5.69 Å². The van der Waals surface area contributed by atoms with Gasteiger partial charge in [0.2, 0.25) is 0 Å². The largest absolute Gasteiger partial charge is 0.356 e. The van der Waals surface area contributed by atoms with Gasteiger partial charge < -0.3 is 9.42 Å². The first-order chi connectivity index (χ1) is 13.0. The van der Waals surface area contributed by atoms with E-state index in [1.165, 1.54) is 5.56 Å². The molecule has 0 aliphatic heterocycles. The fraction of sp³-hybridized carbons (Fsp3) is 0.273. The summed E-state index contributed by atoms with van der Waals surface area (Å²) in [6, 6.07) is 15.2. The quantitative estimate of drug-likeness (QED) is 0.552. The Morgan fingerprint density at radius 1 is 1.15 bits per heavy atom. The number of hydrogen-bond donors (Lipinski definition) is 0. The monoisotopic (exact) mass is 382 g/mol. The van der Waals surface area contributed by atoms with Gasteiger partial charge in [-0.05, 0) is 38.0 Å². The van der Waals surface area contributed by atoms with E-state index in [-0.39, 0.29) is 5.91 Å². The minimum atomic E-state index is -0.0986. The van der Waals surface area contributed by atoms with E-state index >= 15 is 0 Å². The third-order valence-electron chi connectivity index (χ3n) is 4.44. The van der Waals surface area contributed by atoms with E-state index in [0.717, 1.165) is 23.2 Å². The first kappa shape index (κ1) is 19.2. The Morgan fingerprint density at radius 2 is 1.93 bits per heavy atom. The SMILES string of the molecule is CCCN(Cc1cc(-c2ccc(C)cc2C)on1)C(=O)c1ccccc1Cl. The highest BCUT2D eigenvalue weighted by Gasteiger charge is 2.20. The van der Waals surface area contributed by atoms with Gasteiger partial charge in [-0.3, -0.25) is 4.79 Å². The van der Waals surface area contributed by atoms with Crippen LogP contribution in [0.5, 0.6) is 0 Å². The Labute approximate surface area is 164 Å². The van der Waals surface area contributed by atoms with E-state index in [9.17, 15) is 4.79 Å². The molecular formula is C22H23ClN2O2. The average Bonchev–Trinajstić information content (AvgIpc) is 3.09. The van der Waals surface area contributed by atoms with E-state index in [1.54, 1.807) is 17.0 Å². The van der Waals surface area contributed by atoms with Crippen LogP contribution in [-0.2, 0) is 6.54 Å². The van der Waals surface area contributed by atoms with Crippen LogP contribution in [-0.4, -0.2) is 22.5 Å². The molecule has 1 aromatic heterocycles. The summed E-state index contributed by atoms with van der Waals surface area (Å²) in [5.41, 5.74) is 4.58. The maximum absolute atomic E-state index is 12.9. The maximum Gasteiger partial charge on any atom is 0.255 e. The molecule has 0 unspecified atom stereocenters. The molecule has 0 radical (unpaired) electrons. The molecule has 0 aliphatic carbocycles. The van der Waals surface area contributed by atoms with Crippen molar-refractivity contribution in [2.45, 2.75) is 33.7 Å². The molecule has 2 aromatic carbocycles. The normalized spacial score (nSPS) is 10.8. The summed E-state index contributed by atoms with van der Waals surface area (Å²) in [4.78, 5) is 14.7. The molecule has 0 bridgehead atoms. The smallest absolute Gasteiger partial charge is 0.255 e. The van der Waals surface area contributed by atoms with E-state index < -0.39 is 0 Å². The summed E-state index contributed by atoms with van der Waals surface area (Å²) in [5.74, 6) is 0.614. The van der Waals surface area contributed by atoms with Crippen molar-refractivity contribution in [3.63, 3.8) is 0 Å². The molecule has 0 saturated carbocycles. The van der Waals surface area contributed by atoms with Crippen LogP contribution in [0.25, 0.3) is 11.3 Å². The van der Waals surface area contributed by atoms with Crippen molar-refractivity contribution >= 4 is 17.5 Å². The Morgan fingerprint density at radius 3 is 2.63 bits per heavy atom. The zero-order valence-corrected chi connectivity index (χ0v) is 16.6. The van der Waals surface area contributed by atoms with Crippen molar-refractivity contribution in [3.05, 3.63) is 75.9 Å². The predicted molar refractivity (Wildman–Crippen MR) is 108 cm³/mol. The van der Waals surface area contributed by atoms with Gasteiger partial charge in [0.25, 0.3) is 5.91 Å². The summed E-state index contributed by atoms with van der Waals surface area (Å²) in [5, 5.41) is 4.63. The minimum Gasteiger partial charge on any atom is -0.356 e. The van der Waals surface area contributed by atoms with Crippen molar-refractivity contribution in [1.82, 2.24) is 10.1 Å². The Balaban J connectivity index is 1.82. The second-order valence-electron chi connectivity index (χ2n) is 6.71. The Bertz CT molecular complexity index is 949. The molecule has 0 N–H and O–H groups in total. The Kier molecular flexibility index (Phi) is 5.97. The van der Waals surface area contributed by atoms with E-state index in [2.05, 4.69) is 31.1 Å². The maximum atomic E-state index is 12.9. The van der Waals surface area contributed by atoms with Crippen molar-refractivity contribution in [3.8, 4) is 11.3 Å². The van der Waals surface area contributed by atoms with Gasteiger partial charge in [0.15, 0.2) is 5.76 Å². The lowest BCUT2D eigenvalue weighted by Gasteiger charge is -2.21. The minimum absolute atomic E-state index is 0.0986. The molecule has 3 rings (SSSR count). The number of aryl methyl sites for hydroxylation is 2. The van der Waals surface area contributed by atoms with Crippen LogP contribution in [0.1, 0.15) is 40.5 Å². The van der Waals surface area contributed by atoms with E-state index in [1.807, 2.05) is 31.2 Å². The van der Waals surface area contributed by atoms with Crippen LogP contribution < -0.4 is 0 Å². The van der Waals surface area contributed by atoms with Gasteiger partial charge in [-0.25, -0.2) is 0 Å². The van der Waals surface area contributed by atoms with Crippen molar-refractivity contribution in [1.29, 1.82) is 0 Å². The van der Waals surface area contributed by atoms with Gasteiger partial charge >= 0.3 is 0 Å². The summed E-state index contributed by atoms with van der Waals surface area (Å²) in [6.45, 7) is 7.15. The van der Waals surface area contributed by atoms with Gasteiger partial charge in [0, 0.05) is 18.2 Å². The fourth-order valence-corrected chi connectivity index (χ4v) is 3.34. The molecule has 5 heteroatoms.